The van der Waals surface area contributed by atoms with E-state index < -0.39 is 10.0 Å². The number of sulfonamides is 1. The Morgan fingerprint density at radius 1 is 1.19 bits per heavy atom. The molecule has 1 N–H and O–H groups in total. The summed E-state index contributed by atoms with van der Waals surface area (Å²) in [4.78, 5) is 13.5. The van der Waals surface area contributed by atoms with E-state index in [1.165, 1.54) is 10.7 Å². The largest absolute Gasteiger partial charge is 0.379 e. The van der Waals surface area contributed by atoms with Crippen LogP contribution in [0.5, 0.6) is 0 Å². The summed E-state index contributed by atoms with van der Waals surface area (Å²) < 4.78 is 33.7. The lowest BCUT2D eigenvalue weighted by Crippen LogP contribution is -2.52. The van der Waals surface area contributed by atoms with Crippen molar-refractivity contribution in [2.45, 2.75) is 70.7 Å². The van der Waals surface area contributed by atoms with Gasteiger partial charge < -0.3 is 10.1 Å². The maximum atomic E-state index is 13.4. The van der Waals surface area contributed by atoms with Crippen LogP contribution in [0.1, 0.15) is 75.7 Å². The number of hydrogen-bond donors (Lipinski definition) is 1. The van der Waals surface area contributed by atoms with Crippen molar-refractivity contribution < 1.29 is 17.9 Å². The van der Waals surface area contributed by atoms with Crippen LogP contribution >= 0.6 is 0 Å². The standard InChI is InChI=1S/C24H36N2O4S/c1-16(2)19-7-6-17(14-20(19)31(28,29)26-10-12-30-13-11-26)21(27)25-22-23(3,4)18-8-9-24(22,5)15-18/h6-7,14,16,18,22H,8-13,15H2,1-5H3,(H,25,27)/t18-,22?,24+/m1/s1. The van der Waals surface area contributed by atoms with Crippen molar-refractivity contribution in [3.05, 3.63) is 29.3 Å². The van der Waals surface area contributed by atoms with Crippen molar-refractivity contribution in [3.8, 4) is 0 Å². The molecule has 6 nitrogen and oxygen atoms in total. The number of hydrogen-bond acceptors (Lipinski definition) is 4. The van der Waals surface area contributed by atoms with Gasteiger partial charge in [-0.05, 0) is 59.6 Å². The van der Waals surface area contributed by atoms with Crippen LogP contribution in [0.2, 0.25) is 0 Å². The van der Waals surface area contributed by atoms with Crippen LogP contribution in [-0.2, 0) is 14.8 Å². The molecule has 1 heterocycles. The lowest BCUT2D eigenvalue weighted by atomic mass is 9.68. The molecule has 1 aromatic rings. The number of carbonyl (C=O) groups excluding carboxylic acids is 1. The van der Waals surface area contributed by atoms with Crippen molar-refractivity contribution >= 4 is 15.9 Å². The molecule has 3 fully saturated rings. The van der Waals surface area contributed by atoms with Crippen LogP contribution in [-0.4, -0.2) is 51.0 Å². The SMILES string of the molecule is CC(C)c1ccc(C(=O)NC2C(C)(C)[C@@H]3CC[C@@]2(C)C3)cc1S(=O)(=O)N1CCOCC1. The number of nitrogens with one attached hydrogen (secondary N) is 1. The molecule has 1 amide bonds. The number of nitrogens with zero attached hydrogens (tertiary/aromatic N) is 1. The van der Waals surface area contributed by atoms with E-state index in [2.05, 4.69) is 26.1 Å². The molecule has 3 aliphatic rings. The number of benzene rings is 1. The average molecular weight is 449 g/mol. The lowest BCUT2D eigenvalue weighted by Gasteiger charge is -2.43. The third kappa shape index (κ3) is 3.83. The van der Waals surface area contributed by atoms with E-state index in [4.69, 9.17) is 4.74 Å². The topological polar surface area (TPSA) is 75.7 Å². The second-order valence-electron chi connectivity index (χ2n) is 10.7. The van der Waals surface area contributed by atoms with Gasteiger partial charge in [-0.25, -0.2) is 8.42 Å². The Morgan fingerprint density at radius 3 is 2.45 bits per heavy atom. The summed E-state index contributed by atoms with van der Waals surface area (Å²) in [6, 6.07) is 5.25. The molecule has 0 aromatic heterocycles. The summed E-state index contributed by atoms with van der Waals surface area (Å²) in [5.41, 5.74) is 1.32. The highest BCUT2D eigenvalue weighted by molar-refractivity contribution is 7.89. The molecular formula is C24H36N2O4S. The van der Waals surface area contributed by atoms with Crippen molar-refractivity contribution in [1.29, 1.82) is 0 Å². The molecule has 1 unspecified atom stereocenters. The highest BCUT2D eigenvalue weighted by Crippen LogP contribution is 2.62. The highest BCUT2D eigenvalue weighted by Gasteiger charge is 2.59. The zero-order chi connectivity index (χ0) is 22.6. The maximum Gasteiger partial charge on any atom is 0.251 e. The third-order valence-corrected chi connectivity index (χ3v) is 9.99. The first-order valence-electron chi connectivity index (χ1n) is 11.5. The van der Waals surface area contributed by atoms with E-state index in [1.807, 2.05) is 13.8 Å². The molecule has 2 saturated carbocycles. The Hall–Kier alpha value is -1.44. The van der Waals surface area contributed by atoms with Crippen molar-refractivity contribution in [2.24, 2.45) is 16.7 Å². The Balaban J connectivity index is 1.65. The van der Waals surface area contributed by atoms with Gasteiger partial charge in [-0.15, -0.1) is 0 Å². The van der Waals surface area contributed by atoms with E-state index in [9.17, 15) is 13.2 Å². The van der Waals surface area contributed by atoms with E-state index >= 15 is 0 Å². The molecule has 3 atom stereocenters. The normalized spacial score (nSPS) is 30.6. The summed E-state index contributed by atoms with van der Waals surface area (Å²) in [7, 11) is -3.69. The Labute approximate surface area is 186 Å². The van der Waals surface area contributed by atoms with Crippen LogP contribution < -0.4 is 5.32 Å². The molecule has 1 aromatic carbocycles. The van der Waals surface area contributed by atoms with Gasteiger partial charge in [-0.3, -0.25) is 4.79 Å². The lowest BCUT2D eigenvalue weighted by molar-refractivity contribution is 0.0728. The van der Waals surface area contributed by atoms with Gasteiger partial charge in [0.25, 0.3) is 5.91 Å². The van der Waals surface area contributed by atoms with E-state index in [-0.39, 0.29) is 33.6 Å². The second kappa shape index (κ2) is 7.85. The van der Waals surface area contributed by atoms with Crippen LogP contribution in [0, 0.1) is 16.7 Å². The molecule has 172 valence electrons. The monoisotopic (exact) mass is 448 g/mol. The molecule has 0 spiro atoms. The Kier molecular flexibility index (Phi) is 5.76. The highest BCUT2D eigenvalue weighted by atomic mass is 32.2. The smallest absolute Gasteiger partial charge is 0.251 e. The quantitative estimate of drug-likeness (QED) is 0.744. The average Bonchev–Trinajstić information content (AvgIpc) is 3.22. The summed E-state index contributed by atoms with van der Waals surface area (Å²) in [5, 5.41) is 3.30. The molecule has 31 heavy (non-hydrogen) atoms. The van der Waals surface area contributed by atoms with Crippen molar-refractivity contribution in [3.63, 3.8) is 0 Å². The van der Waals surface area contributed by atoms with Crippen LogP contribution in [0.15, 0.2) is 23.1 Å². The maximum absolute atomic E-state index is 13.4. The minimum atomic E-state index is -3.69. The number of amides is 1. The fraction of sp³-hybridized carbons (Fsp3) is 0.708. The minimum absolute atomic E-state index is 0.0336. The first-order valence-corrected chi connectivity index (χ1v) is 12.9. The second-order valence-corrected chi connectivity index (χ2v) is 12.7. The molecule has 2 bridgehead atoms. The number of carbonyl (C=O) groups is 1. The number of morpholine rings is 1. The van der Waals surface area contributed by atoms with Gasteiger partial charge in [0.2, 0.25) is 10.0 Å². The molecule has 1 saturated heterocycles. The summed E-state index contributed by atoms with van der Waals surface area (Å²) in [6.07, 6.45) is 3.50. The van der Waals surface area contributed by atoms with Crippen LogP contribution in [0.3, 0.4) is 0 Å². The molecular weight excluding hydrogens is 412 g/mol. The van der Waals surface area contributed by atoms with Gasteiger partial charge in [0.05, 0.1) is 18.1 Å². The first kappa shape index (κ1) is 22.7. The molecule has 4 rings (SSSR count). The number of fused-ring (bicyclic) bond motifs is 2. The van der Waals surface area contributed by atoms with E-state index in [1.54, 1.807) is 18.2 Å². The molecule has 1 aliphatic heterocycles. The predicted molar refractivity (Wildman–Crippen MR) is 121 cm³/mol. The Morgan fingerprint density at radius 2 is 1.87 bits per heavy atom. The van der Waals surface area contributed by atoms with Crippen LogP contribution in [0.4, 0.5) is 0 Å². The van der Waals surface area contributed by atoms with E-state index in [0.717, 1.165) is 18.4 Å². The first-order chi connectivity index (χ1) is 14.5. The minimum Gasteiger partial charge on any atom is -0.379 e. The molecule has 0 radical (unpaired) electrons. The van der Waals surface area contributed by atoms with Gasteiger partial charge in [-0.2, -0.15) is 4.31 Å². The zero-order valence-electron chi connectivity index (χ0n) is 19.4. The van der Waals surface area contributed by atoms with Crippen molar-refractivity contribution in [1.82, 2.24) is 9.62 Å². The number of ether oxygens (including phenoxy) is 1. The van der Waals surface area contributed by atoms with Crippen molar-refractivity contribution in [2.75, 3.05) is 26.3 Å². The molecule has 2 aliphatic carbocycles. The summed E-state index contributed by atoms with van der Waals surface area (Å²) >= 11 is 0. The van der Waals surface area contributed by atoms with Gasteiger partial charge in [0, 0.05) is 24.7 Å². The zero-order valence-corrected chi connectivity index (χ0v) is 20.2. The van der Waals surface area contributed by atoms with Crippen LogP contribution in [0.25, 0.3) is 0 Å². The fourth-order valence-electron chi connectivity index (χ4n) is 6.18. The Bertz CT molecular complexity index is 961. The van der Waals surface area contributed by atoms with Gasteiger partial charge in [0.15, 0.2) is 0 Å². The van der Waals surface area contributed by atoms with E-state index in [0.29, 0.717) is 37.8 Å². The third-order valence-electron chi connectivity index (χ3n) is 8.03. The van der Waals surface area contributed by atoms with Gasteiger partial charge >= 0.3 is 0 Å². The van der Waals surface area contributed by atoms with Gasteiger partial charge in [0.1, 0.15) is 0 Å². The van der Waals surface area contributed by atoms with Gasteiger partial charge in [-0.1, -0.05) is 40.7 Å². The summed E-state index contributed by atoms with van der Waals surface area (Å²) in [5.74, 6) is 0.482. The molecule has 7 heteroatoms. The fourth-order valence-corrected chi connectivity index (χ4v) is 7.96. The number of rotatable bonds is 5. The summed E-state index contributed by atoms with van der Waals surface area (Å²) in [6.45, 7) is 12.2. The predicted octanol–water partition coefficient (Wildman–Crippen LogP) is 3.78.